The Balaban J connectivity index is 1.25. The zero-order valence-electron chi connectivity index (χ0n) is 28.5. The van der Waals surface area contributed by atoms with Crippen molar-refractivity contribution in [2.24, 2.45) is 0 Å². The van der Waals surface area contributed by atoms with Gasteiger partial charge in [0.2, 0.25) is 11.4 Å². The Kier molecular flexibility index (Phi) is 6.70. The molecule has 53 heavy (non-hydrogen) atoms. The Labute approximate surface area is 302 Å². The fourth-order valence-electron chi connectivity index (χ4n) is 9.14. The summed E-state index contributed by atoms with van der Waals surface area (Å²) in [5.74, 6) is -2.01. The van der Waals surface area contributed by atoms with Crippen LogP contribution < -0.4 is 29.0 Å². The number of aromatic hydroxyl groups is 1. The van der Waals surface area contributed by atoms with E-state index in [0.29, 0.717) is 58.2 Å². The van der Waals surface area contributed by atoms with Crippen LogP contribution in [0, 0.1) is 0 Å². The summed E-state index contributed by atoms with van der Waals surface area (Å²) in [7, 11) is 3.13. The van der Waals surface area contributed by atoms with Gasteiger partial charge in [0.1, 0.15) is 41.9 Å². The van der Waals surface area contributed by atoms with Crippen molar-refractivity contribution in [2.75, 3.05) is 19.5 Å². The Morgan fingerprint density at radius 3 is 2.55 bits per heavy atom. The van der Waals surface area contributed by atoms with E-state index in [9.17, 15) is 30.3 Å². The highest BCUT2D eigenvalue weighted by Crippen LogP contribution is 2.64. The van der Waals surface area contributed by atoms with Gasteiger partial charge in [-0.25, -0.2) is 4.79 Å². The molecule has 4 aromatic carbocycles. The summed E-state index contributed by atoms with van der Waals surface area (Å²) in [4.78, 5) is 12.6. The lowest BCUT2D eigenvalue weighted by Crippen LogP contribution is -2.79. The molecule has 11 rings (SSSR count). The number of anilines is 1. The van der Waals surface area contributed by atoms with Crippen molar-refractivity contribution in [1.29, 1.82) is 0 Å². The third-order valence-electron chi connectivity index (χ3n) is 11.6. The normalized spacial score (nSPS) is 32.0. The number of hydrogen-bond acceptors (Lipinski definition) is 12. The molecular weight excluding hydrogens is 686 g/mol. The zero-order valence-corrected chi connectivity index (χ0v) is 28.5. The Morgan fingerprint density at radius 1 is 0.925 bits per heavy atom. The van der Waals surface area contributed by atoms with Gasteiger partial charge in [0.15, 0.2) is 29.1 Å². The monoisotopic (exact) mass is 721 g/mol. The molecule has 1 spiro atoms. The van der Waals surface area contributed by atoms with Crippen LogP contribution in [0.25, 0.3) is 11.1 Å². The number of aliphatic hydroxyl groups excluding tert-OH is 3. The number of rotatable bonds is 3. The van der Waals surface area contributed by atoms with Crippen LogP contribution in [0.4, 0.5) is 5.69 Å². The van der Waals surface area contributed by atoms with Gasteiger partial charge in [-0.1, -0.05) is 42.5 Å². The number of carbonyl (C=O) groups is 1. The number of nitrogens with one attached hydrogen (secondary N) is 1. The van der Waals surface area contributed by atoms with E-state index in [2.05, 4.69) is 23.5 Å². The molecule has 13 nitrogen and oxygen atoms in total. The summed E-state index contributed by atoms with van der Waals surface area (Å²) < 4.78 is 38.2. The van der Waals surface area contributed by atoms with E-state index < -0.39 is 53.9 Å². The molecule has 0 unspecified atom stereocenters. The van der Waals surface area contributed by atoms with E-state index in [1.807, 2.05) is 24.3 Å². The molecule has 0 saturated carbocycles. The fraction of sp³-hybridized carbons (Fsp3) is 0.325. The standard InChI is InChI=1S/C40H35NO12/c1-48-24-9-8-21-28-25-14-18-5-3-4-17(12-18)13-19-6-7-20(42)15-22(19)23-16-26-30(35(50-25)29(23)34(28)51-32(21)33(24)49-2)41-27-10-11-39(38(46)47)36(44)31(43)37(45)40(27,52-26)53-39/h3-12,15-16,25,27-28,31,34,36-37,41-45H,13-14H2,1-2H3,(H,46,47)/t25-,27-,28-,31+,34+,36+,37-,39+,40-/m1/s1. The van der Waals surface area contributed by atoms with Gasteiger partial charge >= 0.3 is 5.97 Å². The van der Waals surface area contributed by atoms with Gasteiger partial charge in [0, 0.05) is 17.5 Å². The van der Waals surface area contributed by atoms with Crippen LogP contribution >= 0.6 is 0 Å². The van der Waals surface area contributed by atoms with Gasteiger partial charge in [-0.15, -0.1) is 0 Å². The van der Waals surface area contributed by atoms with E-state index in [1.165, 1.54) is 6.08 Å². The van der Waals surface area contributed by atoms with Crippen LogP contribution in [0.1, 0.15) is 39.8 Å². The number of phenols is 1. The topological polar surface area (TPSA) is 186 Å². The summed E-state index contributed by atoms with van der Waals surface area (Å²) in [6, 6.07) is 18.0. The Bertz CT molecular complexity index is 2270. The summed E-state index contributed by atoms with van der Waals surface area (Å²) in [5, 5.41) is 57.9. The molecule has 0 aromatic heterocycles. The van der Waals surface area contributed by atoms with Gasteiger partial charge in [-0.05, 0) is 64.6 Å². The number of carboxylic acids is 1. The van der Waals surface area contributed by atoms with Crippen LogP contribution in [0.3, 0.4) is 0 Å². The molecule has 6 heterocycles. The van der Waals surface area contributed by atoms with E-state index in [0.717, 1.165) is 28.3 Å². The maximum absolute atomic E-state index is 12.6. The Hall–Kier alpha value is -5.47. The summed E-state index contributed by atoms with van der Waals surface area (Å²) >= 11 is 0. The maximum atomic E-state index is 12.6. The molecule has 8 bridgehead atoms. The van der Waals surface area contributed by atoms with Crippen LogP contribution in [0.15, 0.2) is 72.8 Å². The van der Waals surface area contributed by atoms with Crippen molar-refractivity contribution in [2.45, 2.75) is 66.7 Å². The van der Waals surface area contributed by atoms with Crippen LogP contribution in [0.2, 0.25) is 0 Å². The fourth-order valence-corrected chi connectivity index (χ4v) is 9.14. The summed E-state index contributed by atoms with van der Waals surface area (Å²) in [5.41, 5.74) is 3.79. The summed E-state index contributed by atoms with van der Waals surface area (Å²) in [6.07, 6.45) is -3.23. The van der Waals surface area contributed by atoms with E-state index in [1.54, 1.807) is 32.4 Å². The molecule has 1 saturated heterocycles. The first-order chi connectivity index (χ1) is 25.6. The zero-order chi connectivity index (χ0) is 36.6. The number of aliphatic hydroxyl groups is 3. The van der Waals surface area contributed by atoms with Gasteiger partial charge < -0.3 is 59.3 Å². The number of hydrogen-bond donors (Lipinski definition) is 6. The van der Waals surface area contributed by atoms with Crippen LogP contribution in [-0.2, 0) is 22.4 Å². The molecule has 272 valence electrons. The quantitative estimate of drug-likeness (QED) is 0.169. The number of carboxylic acid groups (broad SMARTS) is 1. The smallest absolute Gasteiger partial charge is 0.343 e. The van der Waals surface area contributed by atoms with Crippen molar-refractivity contribution < 1.29 is 58.7 Å². The molecule has 13 heteroatoms. The third-order valence-corrected chi connectivity index (χ3v) is 11.6. The third kappa shape index (κ3) is 4.24. The largest absolute Gasteiger partial charge is 0.508 e. The first kappa shape index (κ1) is 32.2. The van der Waals surface area contributed by atoms with Crippen molar-refractivity contribution in [3.63, 3.8) is 0 Å². The molecule has 9 atom stereocenters. The lowest BCUT2D eigenvalue weighted by atomic mass is 9.75. The summed E-state index contributed by atoms with van der Waals surface area (Å²) in [6.45, 7) is 0. The molecule has 1 fully saturated rings. The number of fused-ring (bicyclic) bond motifs is 3. The first-order valence-corrected chi connectivity index (χ1v) is 17.4. The molecule has 0 radical (unpaired) electrons. The van der Waals surface area contributed by atoms with Crippen molar-refractivity contribution in [3.8, 4) is 45.6 Å². The minimum Gasteiger partial charge on any atom is -0.508 e. The molecule has 6 aliphatic heterocycles. The number of ether oxygens (including phenoxy) is 6. The predicted octanol–water partition coefficient (Wildman–Crippen LogP) is 3.58. The average molecular weight is 722 g/mol. The van der Waals surface area contributed by atoms with Gasteiger partial charge in [-0.3, -0.25) is 0 Å². The van der Waals surface area contributed by atoms with E-state index in [-0.39, 0.29) is 17.4 Å². The number of benzene rings is 4. The Morgan fingerprint density at radius 2 is 1.75 bits per heavy atom. The highest BCUT2D eigenvalue weighted by atomic mass is 16.7. The maximum Gasteiger partial charge on any atom is 0.343 e. The van der Waals surface area contributed by atoms with Crippen LogP contribution in [-0.4, -0.2) is 87.6 Å². The number of aliphatic carboxylic acids is 1. The minimum absolute atomic E-state index is 0.0220. The number of methoxy groups -OCH3 is 2. The second kappa shape index (κ2) is 11.0. The molecule has 0 amide bonds. The molecule has 6 N–H and O–H groups in total. The van der Waals surface area contributed by atoms with E-state index >= 15 is 0 Å². The van der Waals surface area contributed by atoms with Gasteiger partial charge in [0.05, 0.1) is 20.1 Å². The lowest BCUT2D eigenvalue weighted by molar-refractivity contribution is -0.356. The second-order valence-electron chi connectivity index (χ2n) is 14.4. The lowest BCUT2D eigenvalue weighted by Gasteiger charge is -2.57. The van der Waals surface area contributed by atoms with Crippen molar-refractivity contribution in [1.82, 2.24) is 0 Å². The highest BCUT2D eigenvalue weighted by molar-refractivity contribution is 5.87. The molecule has 7 aliphatic rings. The van der Waals surface area contributed by atoms with Crippen molar-refractivity contribution in [3.05, 3.63) is 101 Å². The average Bonchev–Trinajstić information content (AvgIpc) is 3.55. The van der Waals surface area contributed by atoms with Crippen LogP contribution in [0.5, 0.6) is 34.5 Å². The number of phenolic OH excluding ortho intramolecular Hbond substituents is 1. The predicted molar refractivity (Wildman–Crippen MR) is 186 cm³/mol. The first-order valence-electron chi connectivity index (χ1n) is 17.4. The second-order valence-corrected chi connectivity index (χ2v) is 14.4. The molecule has 1 aliphatic carbocycles. The molecule has 4 aromatic rings. The van der Waals surface area contributed by atoms with E-state index in [4.69, 9.17) is 28.4 Å². The SMILES string of the molecule is COc1ccc2c(c1OC)O[C@@H]1c3c4cc5c(c3O[C@H](Cc3cccc(c3)Cc3ccc(O)cc3-4)[C@@H]21)N[C@@H]1C=C[C@]2(C(=O)O)O[C@@]1(O5)[C@H](O)[C@@H](O)[C@@H]2O. The highest BCUT2D eigenvalue weighted by Gasteiger charge is 2.70. The minimum atomic E-state index is -2.40. The van der Waals surface area contributed by atoms with Crippen molar-refractivity contribution >= 4 is 11.7 Å². The van der Waals surface area contributed by atoms with Gasteiger partial charge in [-0.2, -0.15) is 0 Å². The van der Waals surface area contributed by atoms with Gasteiger partial charge in [0.25, 0.3) is 5.79 Å². The molecular formula is C40H35NO12.